The van der Waals surface area contributed by atoms with Crippen molar-refractivity contribution in [1.29, 1.82) is 0 Å². The fourth-order valence-corrected chi connectivity index (χ4v) is 18.7. The van der Waals surface area contributed by atoms with Gasteiger partial charge >= 0.3 is 7.12 Å². The molecule has 3 aliphatic rings. The van der Waals surface area contributed by atoms with Crippen LogP contribution in [0.3, 0.4) is 0 Å². The van der Waals surface area contributed by atoms with Crippen LogP contribution in [0, 0.1) is 0 Å². The Morgan fingerprint density at radius 3 is 0.912 bits per heavy atom. The standard InChI is InChI=1S/C53H34N4.C44H36BNO2.C15H10ClN3.W/c1-5-18-35(19-6-1)50-55-51(36-20-7-2-8-21-36)57-52(56-50)38-23-17-22-37(32-38)49-45-34-47-44(33-43(45)42-29-14-16-31-48(42)54-49)41-28-13-15-30-46(41)53(47,39-24-9-3-10-25-39)40-26-11-4-12-27-40;1-42(2)43(3,4)48-45(47-42)32-21-15-16-29(26-32)41-37-28-39-36(27-35(37)34-23-12-14-25-40(34)46-41)33-22-11-13-24-38(33)44(39,30-17-7-5-8-18-30)31-19-9-6-10-20-31;16-15-18-13(11-7-3-1-4-8-11)17-14(19-15)12-9-5-2-6-10-12;/h1-34H;5-28H,1-4H3;1-10H;. The largest absolute Gasteiger partial charge is 0.494 e. The van der Waals surface area contributed by atoms with Crippen LogP contribution in [0.5, 0.6) is 0 Å². The molecule has 125 heavy (non-hydrogen) atoms. The third kappa shape index (κ3) is 14.1. The molecule has 13 heteroatoms. The number of nitrogens with zero attached hydrogens (tertiary/aromatic N) is 8. The van der Waals surface area contributed by atoms with Crippen molar-refractivity contribution in [3.8, 4) is 102 Å². The van der Waals surface area contributed by atoms with E-state index in [0.29, 0.717) is 29.1 Å². The number of hydrogen-bond donors (Lipinski definition) is 0. The summed E-state index contributed by atoms with van der Waals surface area (Å²) in [5, 5.41) is 7.07. The summed E-state index contributed by atoms with van der Waals surface area (Å²) < 4.78 is 13.0. The summed E-state index contributed by atoms with van der Waals surface area (Å²) in [7, 11) is -0.454. The quantitative estimate of drug-likeness (QED) is 0.0863. The zero-order valence-corrected chi connectivity index (χ0v) is 72.7. The van der Waals surface area contributed by atoms with E-state index in [2.05, 4.69) is 334 Å². The van der Waals surface area contributed by atoms with Crippen molar-refractivity contribution in [3.63, 3.8) is 0 Å². The van der Waals surface area contributed by atoms with Crippen LogP contribution in [-0.2, 0) is 41.2 Å². The number of fused-ring (bicyclic) bond motifs is 12. The molecule has 10 nitrogen and oxygen atoms in total. The van der Waals surface area contributed by atoms with Gasteiger partial charge in [-0.05, 0) is 165 Å². The van der Waals surface area contributed by atoms with Crippen LogP contribution in [0.15, 0.2) is 413 Å². The molecule has 0 bridgehead atoms. The summed E-state index contributed by atoms with van der Waals surface area (Å²) in [6.07, 6.45) is 0. The number of hydrogen-bond acceptors (Lipinski definition) is 10. The summed E-state index contributed by atoms with van der Waals surface area (Å²) >= 11 is 5.99. The molecule has 4 aromatic heterocycles. The molecule has 5 heterocycles. The molecule has 0 radical (unpaired) electrons. The summed E-state index contributed by atoms with van der Waals surface area (Å²) in [5.41, 5.74) is 24.7. The van der Waals surface area contributed by atoms with Crippen molar-refractivity contribution in [2.75, 3.05) is 0 Å². The third-order valence-electron chi connectivity index (χ3n) is 25.0. The Hall–Kier alpha value is -14.2. The van der Waals surface area contributed by atoms with Crippen LogP contribution in [0.25, 0.3) is 145 Å². The van der Waals surface area contributed by atoms with E-state index in [9.17, 15) is 0 Å². The summed E-state index contributed by atoms with van der Waals surface area (Å²) in [4.78, 5) is 38.7. The predicted molar refractivity (Wildman–Crippen MR) is 505 cm³/mol. The van der Waals surface area contributed by atoms with E-state index in [-0.39, 0.29) is 26.3 Å². The average molecular weight is 1800 g/mol. The summed E-state index contributed by atoms with van der Waals surface area (Å²) in [6, 6.07) is 145. The Labute approximate surface area is 745 Å². The van der Waals surface area contributed by atoms with E-state index >= 15 is 0 Å². The first-order valence-electron chi connectivity index (χ1n) is 42.0. The van der Waals surface area contributed by atoms with Crippen molar-refractivity contribution in [2.24, 2.45) is 0 Å². The van der Waals surface area contributed by atoms with E-state index in [0.717, 1.165) is 88.4 Å². The number of halogens is 1. The van der Waals surface area contributed by atoms with E-state index in [1.165, 1.54) is 77.5 Å². The molecule has 1 fully saturated rings. The molecular weight excluding hydrogens is 1720 g/mol. The Morgan fingerprint density at radius 2 is 0.528 bits per heavy atom. The first kappa shape index (κ1) is 79.3. The number of rotatable bonds is 12. The monoisotopic (exact) mass is 1800 g/mol. The second kappa shape index (κ2) is 32.9. The van der Waals surface area contributed by atoms with Crippen LogP contribution in [0.4, 0.5) is 0 Å². The van der Waals surface area contributed by atoms with E-state index in [1.807, 2.05) is 121 Å². The molecule has 0 atom stereocenters. The average Bonchev–Trinajstić information content (AvgIpc) is 1.54. The van der Waals surface area contributed by atoms with Gasteiger partial charge in [0.15, 0.2) is 29.1 Å². The minimum absolute atomic E-state index is 0. The van der Waals surface area contributed by atoms with Gasteiger partial charge in [0, 0.05) is 81.6 Å². The summed E-state index contributed by atoms with van der Waals surface area (Å²) in [5.74, 6) is 3.04. The molecule has 23 rings (SSSR count). The Bertz CT molecular complexity index is 7240. The van der Waals surface area contributed by atoms with E-state index in [1.54, 1.807) is 0 Å². The maximum Gasteiger partial charge on any atom is 0.494 e. The predicted octanol–water partition coefficient (Wildman–Crippen LogP) is 26.2. The van der Waals surface area contributed by atoms with Gasteiger partial charge in [0.05, 0.1) is 44.5 Å². The first-order chi connectivity index (χ1) is 60.9. The van der Waals surface area contributed by atoms with Gasteiger partial charge in [0.1, 0.15) is 0 Å². The summed E-state index contributed by atoms with van der Waals surface area (Å²) in [6.45, 7) is 8.39. The number of aromatic nitrogens is 8. The van der Waals surface area contributed by atoms with Crippen molar-refractivity contribution in [2.45, 2.75) is 49.7 Å². The number of pyridine rings is 2. The van der Waals surface area contributed by atoms with Gasteiger partial charge in [0.2, 0.25) is 5.28 Å². The van der Waals surface area contributed by atoms with Crippen LogP contribution in [0.2, 0.25) is 5.28 Å². The minimum Gasteiger partial charge on any atom is -0.399 e. The molecule has 16 aromatic carbocycles. The maximum atomic E-state index is 6.48. The normalized spacial score (nSPS) is 13.9. The molecule has 596 valence electrons. The molecule has 1 saturated heterocycles. The Balaban J connectivity index is 0.000000131. The molecule has 0 N–H and O–H groups in total. The van der Waals surface area contributed by atoms with Gasteiger partial charge in [-0.2, -0.15) is 9.97 Å². The Morgan fingerprint density at radius 1 is 0.232 bits per heavy atom. The first-order valence-corrected chi connectivity index (χ1v) is 42.4. The molecule has 0 saturated carbocycles. The molecule has 0 spiro atoms. The molecule has 2 aliphatic carbocycles. The van der Waals surface area contributed by atoms with Crippen molar-refractivity contribution in [1.82, 2.24) is 39.9 Å². The number of benzene rings is 16. The molecular formula is C112H80BClN8O2W. The zero-order chi connectivity index (χ0) is 83.5. The van der Waals surface area contributed by atoms with Crippen molar-refractivity contribution >= 4 is 67.5 Å². The fraction of sp³-hybridized carbons (Fsp3) is 0.0714. The van der Waals surface area contributed by atoms with Gasteiger partial charge in [-0.1, -0.05) is 370 Å². The fourth-order valence-electron chi connectivity index (χ4n) is 18.6. The third-order valence-corrected chi connectivity index (χ3v) is 25.2. The van der Waals surface area contributed by atoms with Gasteiger partial charge in [0.25, 0.3) is 0 Å². The molecule has 20 aromatic rings. The van der Waals surface area contributed by atoms with Crippen LogP contribution < -0.4 is 5.46 Å². The SMILES string of the molecule is CC1(C)OB(c2cccc(-c3nc4ccccc4c4cc5c(cc34)C(c3ccccc3)(c3ccccc3)c3ccccc3-5)c2)OC1(C)C.Clc1nc(-c2ccccc2)nc(-c2ccccc2)n1.[W].c1ccc(-c2nc(-c3ccccc3)nc(-c3cccc(-c4nc5ccccc5c5cc6c(cc45)C(c4ccccc4)(c4ccccc4)c4ccccc4-6)c3)n2)cc1. The van der Waals surface area contributed by atoms with Crippen LogP contribution >= 0.6 is 11.6 Å². The van der Waals surface area contributed by atoms with E-state index < -0.39 is 29.2 Å². The minimum atomic E-state index is -0.528. The molecule has 0 unspecified atom stereocenters. The van der Waals surface area contributed by atoms with E-state index in [4.69, 9.17) is 45.8 Å². The van der Waals surface area contributed by atoms with Crippen molar-refractivity contribution in [3.05, 3.63) is 462 Å². The second-order valence-corrected chi connectivity index (χ2v) is 33.1. The Kier molecular flexibility index (Phi) is 20.9. The van der Waals surface area contributed by atoms with Gasteiger partial charge in [-0.15, -0.1) is 0 Å². The topological polar surface area (TPSA) is 122 Å². The van der Waals surface area contributed by atoms with Gasteiger partial charge < -0.3 is 9.31 Å². The molecule has 1 aliphatic heterocycles. The maximum absolute atomic E-state index is 6.48. The smallest absolute Gasteiger partial charge is 0.399 e. The number of para-hydroxylation sites is 2. The van der Waals surface area contributed by atoms with Crippen LogP contribution in [-0.4, -0.2) is 58.2 Å². The zero-order valence-electron chi connectivity index (χ0n) is 69.0. The van der Waals surface area contributed by atoms with Crippen molar-refractivity contribution < 1.29 is 30.4 Å². The van der Waals surface area contributed by atoms with Gasteiger partial charge in [-0.25, -0.2) is 29.9 Å². The second-order valence-electron chi connectivity index (χ2n) is 32.7. The van der Waals surface area contributed by atoms with Crippen LogP contribution in [0.1, 0.15) is 72.2 Å². The molecule has 0 amide bonds. The van der Waals surface area contributed by atoms with Gasteiger partial charge in [-0.3, -0.25) is 0 Å².